The van der Waals surface area contributed by atoms with E-state index in [0.717, 1.165) is 12.8 Å². The number of ether oxygens (including phenoxy) is 1. The molecule has 2 unspecified atom stereocenters. The predicted molar refractivity (Wildman–Crippen MR) is 82.1 cm³/mol. The van der Waals surface area contributed by atoms with Gasteiger partial charge in [-0.1, -0.05) is 31.1 Å². The van der Waals surface area contributed by atoms with Crippen molar-refractivity contribution in [2.45, 2.75) is 39.7 Å². The van der Waals surface area contributed by atoms with Gasteiger partial charge in [-0.05, 0) is 48.1 Å². The minimum atomic E-state index is -0.298. The summed E-state index contributed by atoms with van der Waals surface area (Å²) in [5.41, 5.74) is 8.95. The molecule has 0 aromatic heterocycles. The highest BCUT2D eigenvalue weighted by molar-refractivity contribution is 6.42. The number of esters is 1. The van der Waals surface area contributed by atoms with Crippen molar-refractivity contribution in [2.24, 2.45) is 10.9 Å². The van der Waals surface area contributed by atoms with Gasteiger partial charge in [0.2, 0.25) is 0 Å². The van der Waals surface area contributed by atoms with Gasteiger partial charge in [0.1, 0.15) is 11.8 Å². The lowest BCUT2D eigenvalue weighted by Gasteiger charge is -2.30. The molecule has 2 atom stereocenters. The van der Waals surface area contributed by atoms with E-state index in [2.05, 4.69) is 24.9 Å². The fourth-order valence-electron chi connectivity index (χ4n) is 3.69. The van der Waals surface area contributed by atoms with E-state index in [-0.39, 0.29) is 12.0 Å². The lowest BCUT2D eigenvalue weighted by Crippen LogP contribution is -2.23. The molecule has 3 heteroatoms. The molecule has 0 saturated carbocycles. The zero-order valence-electron chi connectivity index (χ0n) is 12.7. The van der Waals surface area contributed by atoms with Crippen LogP contribution in [0, 0.1) is 5.92 Å². The summed E-state index contributed by atoms with van der Waals surface area (Å²) in [5.74, 6) is 0.312. The predicted octanol–water partition coefficient (Wildman–Crippen LogP) is 3.30. The number of fused-ring (bicyclic) bond motifs is 4. The average Bonchev–Trinajstić information content (AvgIpc) is 2.94. The standard InChI is InChI=1S/C18H19NO2/c1-4-10-6-11-9(3)15(11)16-12(7-10)17-13(16)8-14(19-17)18(20)21-5-2/h7-9,17H,4-6H2,1-3H3. The Morgan fingerprint density at radius 2 is 2.19 bits per heavy atom. The quantitative estimate of drug-likeness (QED) is 0.744. The van der Waals surface area contributed by atoms with Crippen LogP contribution in [0.4, 0.5) is 0 Å². The maximum Gasteiger partial charge on any atom is 0.356 e. The summed E-state index contributed by atoms with van der Waals surface area (Å²) in [6.07, 6.45) is 6.45. The molecule has 0 aromatic carbocycles. The lowest BCUT2D eigenvalue weighted by molar-refractivity contribution is -0.134. The minimum absolute atomic E-state index is 0.0700. The zero-order chi connectivity index (χ0) is 14.7. The first-order chi connectivity index (χ1) is 10.2. The Balaban J connectivity index is 1.70. The summed E-state index contributed by atoms with van der Waals surface area (Å²) in [6, 6.07) is 0.0700. The Kier molecular flexibility index (Phi) is 2.62. The van der Waals surface area contributed by atoms with Crippen molar-refractivity contribution >= 4 is 11.7 Å². The van der Waals surface area contributed by atoms with E-state index in [9.17, 15) is 4.79 Å². The lowest BCUT2D eigenvalue weighted by atomic mass is 9.76. The number of hydrogen-bond donors (Lipinski definition) is 0. The van der Waals surface area contributed by atoms with Gasteiger partial charge in [-0.15, -0.1) is 0 Å². The van der Waals surface area contributed by atoms with Gasteiger partial charge in [0.25, 0.3) is 0 Å². The SMILES string of the molecule is CCOC(=O)C1=NC2C(=C1)C1=C2C=C(CC)CC2=C1C2C. The van der Waals surface area contributed by atoms with Crippen molar-refractivity contribution < 1.29 is 9.53 Å². The first kappa shape index (κ1) is 12.8. The fourth-order valence-corrected chi connectivity index (χ4v) is 3.69. The van der Waals surface area contributed by atoms with E-state index in [1.54, 1.807) is 5.57 Å². The van der Waals surface area contributed by atoms with E-state index in [1.807, 2.05) is 13.0 Å². The first-order valence-corrected chi connectivity index (χ1v) is 7.79. The van der Waals surface area contributed by atoms with E-state index in [0.29, 0.717) is 18.2 Å². The molecule has 0 N–H and O–H groups in total. The van der Waals surface area contributed by atoms with Crippen LogP contribution in [0.1, 0.15) is 33.6 Å². The molecule has 0 saturated heterocycles. The highest BCUT2D eigenvalue weighted by Crippen LogP contribution is 2.58. The van der Waals surface area contributed by atoms with Crippen LogP contribution in [0.25, 0.3) is 0 Å². The summed E-state index contributed by atoms with van der Waals surface area (Å²) in [6.45, 7) is 6.71. The largest absolute Gasteiger partial charge is 0.461 e. The highest BCUT2D eigenvalue weighted by Gasteiger charge is 2.48. The third kappa shape index (κ3) is 1.66. The van der Waals surface area contributed by atoms with Crippen molar-refractivity contribution in [3.8, 4) is 0 Å². The fraction of sp³-hybridized carbons (Fsp3) is 0.444. The van der Waals surface area contributed by atoms with Crippen molar-refractivity contribution in [3.05, 3.63) is 45.6 Å². The van der Waals surface area contributed by atoms with Gasteiger partial charge in [-0.25, -0.2) is 4.79 Å². The van der Waals surface area contributed by atoms with Crippen molar-refractivity contribution in [3.63, 3.8) is 0 Å². The van der Waals surface area contributed by atoms with Crippen LogP contribution in [0.5, 0.6) is 0 Å². The molecule has 0 spiro atoms. The van der Waals surface area contributed by atoms with Crippen molar-refractivity contribution in [1.29, 1.82) is 0 Å². The van der Waals surface area contributed by atoms with Gasteiger partial charge < -0.3 is 4.74 Å². The van der Waals surface area contributed by atoms with Gasteiger partial charge in [0.15, 0.2) is 0 Å². The van der Waals surface area contributed by atoms with Crippen LogP contribution in [-0.4, -0.2) is 24.3 Å². The third-order valence-electron chi connectivity index (χ3n) is 4.93. The Hall–Kier alpha value is -1.90. The highest BCUT2D eigenvalue weighted by atomic mass is 16.5. The summed E-state index contributed by atoms with van der Waals surface area (Å²) in [7, 11) is 0. The molecule has 0 fully saturated rings. The second-order valence-corrected chi connectivity index (χ2v) is 6.06. The van der Waals surface area contributed by atoms with E-state index < -0.39 is 0 Å². The Bertz CT molecular complexity index is 716. The molecule has 0 aromatic rings. The van der Waals surface area contributed by atoms with Gasteiger partial charge in [-0.2, -0.15) is 0 Å². The Morgan fingerprint density at radius 3 is 2.90 bits per heavy atom. The summed E-state index contributed by atoms with van der Waals surface area (Å²) in [5, 5.41) is 0. The van der Waals surface area contributed by atoms with Crippen LogP contribution < -0.4 is 0 Å². The molecule has 1 heterocycles. The molecule has 0 radical (unpaired) electrons. The molecule has 1 aliphatic heterocycles. The topological polar surface area (TPSA) is 38.7 Å². The molecule has 0 amide bonds. The van der Waals surface area contributed by atoms with Crippen LogP contribution in [0.15, 0.2) is 50.6 Å². The van der Waals surface area contributed by atoms with Gasteiger partial charge in [0.05, 0.1) is 6.61 Å². The monoisotopic (exact) mass is 281 g/mol. The molecule has 3 nitrogen and oxygen atoms in total. The Morgan fingerprint density at radius 1 is 1.38 bits per heavy atom. The number of rotatable bonds is 3. The molecule has 4 rings (SSSR count). The molecular formula is C18H19NO2. The summed E-state index contributed by atoms with van der Waals surface area (Å²) < 4.78 is 5.07. The smallest absolute Gasteiger partial charge is 0.356 e. The first-order valence-electron chi connectivity index (χ1n) is 7.79. The van der Waals surface area contributed by atoms with E-state index in [1.165, 1.54) is 27.9 Å². The molecule has 108 valence electrons. The maximum absolute atomic E-state index is 11.9. The zero-order valence-corrected chi connectivity index (χ0v) is 12.7. The second kappa shape index (κ2) is 4.30. The summed E-state index contributed by atoms with van der Waals surface area (Å²) in [4.78, 5) is 16.4. The molecule has 21 heavy (non-hydrogen) atoms. The van der Waals surface area contributed by atoms with Gasteiger partial charge >= 0.3 is 5.97 Å². The van der Waals surface area contributed by atoms with Gasteiger partial charge in [0, 0.05) is 5.92 Å². The molecule has 3 aliphatic carbocycles. The van der Waals surface area contributed by atoms with Crippen LogP contribution >= 0.6 is 0 Å². The van der Waals surface area contributed by atoms with Crippen molar-refractivity contribution in [2.75, 3.05) is 6.61 Å². The van der Waals surface area contributed by atoms with Crippen molar-refractivity contribution in [1.82, 2.24) is 0 Å². The van der Waals surface area contributed by atoms with Crippen LogP contribution in [-0.2, 0) is 9.53 Å². The average molecular weight is 281 g/mol. The Labute approximate surface area is 124 Å². The summed E-state index contributed by atoms with van der Waals surface area (Å²) >= 11 is 0. The number of nitrogens with zero attached hydrogens (tertiary/aromatic N) is 1. The maximum atomic E-state index is 11.9. The number of carbonyl (C=O) groups excluding carboxylic acids is 1. The third-order valence-corrected chi connectivity index (χ3v) is 4.93. The normalized spacial score (nSPS) is 28.6. The number of carbonyl (C=O) groups is 1. The van der Waals surface area contributed by atoms with E-state index >= 15 is 0 Å². The van der Waals surface area contributed by atoms with Gasteiger partial charge in [-0.3, -0.25) is 4.99 Å². The second-order valence-electron chi connectivity index (χ2n) is 6.06. The van der Waals surface area contributed by atoms with E-state index in [4.69, 9.17) is 4.74 Å². The van der Waals surface area contributed by atoms with Crippen LogP contribution in [0.3, 0.4) is 0 Å². The number of allylic oxidation sites excluding steroid dienone is 3. The number of aliphatic imine (C=N–C) groups is 1. The molecule has 4 aliphatic rings. The molecule has 0 bridgehead atoms. The van der Waals surface area contributed by atoms with Crippen LogP contribution in [0.2, 0.25) is 0 Å². The minimum Gasteiger partial charge on any atom is -0.461 e. The molecular weight excluding hydrogens is 262 g/mol. The number of hydrogen-bond acceptors (Lipinski definition) is 3.